The molecular weight excluding hydrogens is 290 g/mol. The monoisotopic (exact) mass is 311 g/mol. The first-order chi connectivity index (χ1) is 11.0. The van der Waals surface area contributed by atoms with Crippen molar-refractivity contribution in [1.29, 1.82) is 0 Å². The van der Waals surface area contributed by atoms with Gasteiger partial charge in [0.05, 0.1) is 0 Å². The lowest BCUT2D eigenvalue weighted by Gasteiger charge is -2.18. The molecule has 0 aliphatic heterocycles. The predicted octanol–water partition coefficient (Wildman–Crippen LogP) is 3.70. The molecule has 1 heterocycles. The highest BCUT2D eigenvalue weighted by molar-refractivity contribution is 5.89. The fourth-order valence-corrected chi connectivity index (χ4v) is 1.98. The molecule has 2 amide bonds. The van der Waals surface area contributed by atoms with E-state index in [1.54, 1.807) is 24.3 Å². The summed E-state index contributed by atoms with van der Waals surface area (Å²) in [5, 5.41) is 2.83. The lowest BCUT2D eigenvalue weighted by atomic mass is 10.3. The summed E-state index contributed by atoms with van der Waals surface area (Å²) in [4.78, 5) is 17.6. The summed E-state index contributed by atoms with van der Waals surface area (Å²) in [6, 6.07) is 10.9. The van der Waals surface area contributed by atoms with E-state index >= 15 is 0 Å². The Kier molecular flexibility index (Phi) is 5.74. The van der Waals surface area contributed by atoms with E-state index < -0.39 is 0 Å². The first kappa shape index (κ1) is 16.5. The summed E-state index contributed by atoms with van der Waals surface area (Å²) in [6.07, 6.45) is 3.50. The zero-order chi connectivity index (χ0) is 16.7. The Balaban J connectivity index is 1.87. The third-order valence-electron chi connectivity index (χ3n) is 3.09. The number of anilines is 1. The Hall–Kier alpha value is -2.82. The van der Waals surface area contributed by atoms with Gasteiger partial charge in [-0.25, -0.2) is 4.79 Å². The van der Waals surface area contributed by atoms with Gasteiger partial charge in [-0.3, -0.25) is 4.98 Å². The molecule has 1 N–H and O–H groups in total. The van der Waals surface area contributed by atoms with E-state index in [0.29, 0.717) is 13.2 Å². The highest BCUT2D eigenvalue weighted by Crippen LogP contribution is 2.17. The van der Waals surface area contributed by atoms with E-state index in [1.165, 1.54) is 0 Å². The maximum atomic E-state index is 12.0. The molecule has 2 rings (SSSR count). The normalized spacial score (nSPS) is 10.0. The van der Waals surface area contributed by atoms with Crippen molar-refractivity contribution in [2.24, 2.45) is 0 Å². The second-order valence-corrected chi connectivity index (χ2v) is 5.42. The second-order valence-electron chi connectivity index (χ2n) is 5.42. The number of benzene rings is 1. The van der Waals surface area contributed by atoms with Gasteiger partial charge in [0.15, 0.2) is 0 Å². The van der Waals surface area contributed by atoms with E-state index in [9.17, 15) is 4.79 Å². The average molecular weight is 311 g/mol. The predicted molar refractivity (Wildman–Crippen MR) is 91.5 cm³/mol. The van der Waals surface area contributed by atoms with Crippen LogP contribution >= 0.6 is 0 Å². The van der Waals surface area contributed by atoms with E-state index in [0.717, 1.165) is 22.6 Å². The Bertz CT molecular complexity index is 654. The number of carbonyl (C=O) groups excluding carboxylic acids is 1. The number of nitrogens with one attached hydrogen (secondary N) is 1. The van der Waals surface area contributed by atoms with Crippen molar-refractivity contribution in [3.05, 3.63) is 66.5 Å². The number of likely N-dealkylation sites (N-methyl/N-ethyl adjacent to an activating group) is 1. The molecule has 1 aromatic carbocycles. The lowest BCUT2D eigenvalue weighted by molar-refractivity contribution is 0.226. The average Bonchev–Trinajstić information content (AvgIpc) is 2.54. The van der Waals surface area contributed by atoms with Crippen molar-refractivity contribution < 1.29 is 9.53 Å². The Morgan fingerprint density at radius 3 is 2.65 bits per heavy atom. The highest BCUT2D eigenvalue weighted by Gasteiger charge is 2.08. The minimum Gasteiger partial charge on any atom is -0.489 e. The third-order valence-corrected chi connectivity index (χ3v) is 3.09. The molecule has 0 fully saturated rings. The summed E-state index contributed by atoms with van der Waals surface area (Å²) < 4.78 is 5.68. The van der Waals surface area contributed by atoms with Crippen LogP contribution in [0.5, 0.6) is 5.75 Å². The van der Waals surface area contributed by atoms with Crippen LogP contribution in [0.2, 0.25) is 0 Å². The molecule has 5 heteroatoms. The van der Waals surface area contributed by atoms with Crippen molar-refractivity contribution in [3.63, 3.8) is 0 Å². The summed E-state index contributed by atoms with van der Waals surface area (Å²) >= 11 is 0. The number of nitrogens with zero attached hydrogens (tertiary/aromatic N) is 2. The lowest BCUT2D eigenvalue weighted by Crippen LogP contribution is -2.32. The van der Waals surface area contributed by atoms with Crippen molar-refractivity contribution in [1.82, 2.24) is 9.88 Å². The smallest absolute Gasteiger partial charge is 0.321 e. The van der Waals surface area contributed by atoms with Crippen molar-refractivity contribution in [3.8, 4) is 5.75 Å². The fourth-order valence-electron chi connectivity index (χ4n) is 1.98. The third kappa shape index (κ3) is 5.47. The molecule has 1 aromatic heterocycles. The second kappa shape index (κ2) is 7.98. The molecule has 120 valence electrons. The van der Waals surface area contributed by atoms with Gasteiger partial charge >= 0.3 is 6.03 Å². The summed E-state index contributed by atoms with van der Waals surface area (Å²) in [5.41, 5.74) is 2.66. The number of aromatic nitrogens is 1. The minimum atomic E-state index is -0.169. The van der Waals surface area contributed by atoms with Crippen LogP contribution in [0.25, 0.3) is 0 Å². The van der Waals surface area contributed by atoms with Crippen LogP contribution in [-0.2, 0) is 6.61 Å². The molecule has 0 unspecified atom stereocenters. The van der Waals surface area contributed by atoms with Crippen molar-refractivity contribution >= 4 is 11.7 Å². The first-order valence-electron chi connectivity index (χ1n) is 7.33. The van der Waals surface area contributed by atoms with E-state index in [-0.39, 0.29) is 6.03 Å². The van der Waals surface area contributed by atoms with Gasteiger partial charge in [-0.1, -0.05) is 18.2 Å². The minimum absolute atomic E-state index is 0.169. The van der Waals surface area contributed by atoms with Crippen LogP contribution in [0, 0.1) is 0 Å². The van der Waals surface area contributed by atoms with Crippen LogP contribution in [0.15, 0.2) is 60.9 Å². The van der Waals surface area contributed by atoms with Crippen molar-refractivity contribution in [2.45, 2.75) is 13.5 Å². The molecule has 0 spiro atoms. The number of hydrogen-bond acceptors (Lipinski definition) is 3. The van der Waals surface area contributed by atoms with Crippen LogP contribution in [0.1, 0.15) is 12.5 Å². The van der Waals surface area contributed by atoms with Gasteiger partial charge in [0, 0.05) is 37.2 Å². The molecule has 2 aromatic rings. The molecule has 0 radical (unpaired) electrons. The summed E-state index contributed by atoms with van der Waals surface area (Å²) in [7, 11) is 1.73. The standard InChI is InChI=1S/C18H21N3O2/c1-14(2)12-21(3)18(22)20-16-6-8-17(9-7-16)23-13-15-5-4-10-19-11-15/h4-11H,1,12-13H2,2-3H3,(H,20,22). The zero-order valence-corrected chi connectivity index (χ0v) is 13.5. The number of pyridine rings is 1. The maximum absolute atomic E-state index is 12.0. The number of rotatable bonds is 6. The molecular formula is C18H21N3O2. The molecule has 0 saturated carbocycles. The molecule has 5 nitrogen and oxygen atoms in total. The SMILES string of the molecule is C=C(C)CN(C)C(=O)Nc1ccc(OCc2cccnc2)cc1. The van der Waals surface area contributed by atoms with Crippen molar-refractivity contribution in [2.75, 3.05) is 18.9 Å². The van der Waals surface area contributed by atoms with E-state index in [2.05, 4.69) is 16.9 Å². The summed E-state index contributed by atoms with van der Waals surface area (Å²) in [5.74, 6) is 0.738. The molecule has 0 bridgehead atoms. The van der Waals surface area contributed by atoms with E-state index in [4.69, 9.17) is 4.74 Å². The van der Waals surface area contributed by atoms with Crippen LogP contribution < -0.4 is 10.1 Å². The maximum Gasteiger partial charge on any atom is 0.321 e. The van der Waals surface area contributed by atoms with Crippen LogP contribution in [-0.4, -0.2) is 29.5 Å². The van der Waals surface area contributed by atoms with Crippen LogP contribution in [0.3, 0.4) is 0 Å². The van der Waals surface area contributed by atoms with Gasteiger partial charge in [0.2, 0.25) is 0 Å². The topological polar surface area (TPSA) is 54.5 Å². The van der Waals surface area contributed by atoms with Gasteiger partial charge < -0.3 is 15.0 Å². The number of hydrogen-bond donors (Lipinski definition) is 1. The Morgan fingerprint density at radius 1 is 1.30 bits per heavy atom. The quantitative estimate of drug-likeness (QED) is 0.828. The highest BCUT2D eigenvalue weighted by atomic mass is 16.5. The number of urea groups is 1. The van der Waals surface area contributed by atoms with Gasteiger partial charge in [-0.15, -0.1) is 0 Å². The Morgan fingerprint density at radius 2 is 2.04 bits per heavy atom. The molecule has 0 saturated heterocycles. The molecule has 0 atom stereocenters. The molecule has 23 heavy (non-hydrogen) atoms. The van der Waals surface area contributed by atoms with Gasteiger partial charge in [-0.05, 0) is 37.3 Å². The molecule has 0 aliphatic carbocycles. The van der Waals surface area contributed by atoms with Crippen LogP contribution in [0.4, 0.5) is 10.5 Å². The number of amides is 2. The van der Waals surface area contributed by atoms with Gasteiger partial charge in [-0.2, -0.15) is 0 Å². The zero-order valence-electron chi connectivity index (χ0n) is 13.5. The van der Waals surface area contributed by atoms with Gasteiger partial charge in [0.25, 0.3) is 0 Å². The summed E-state index contributed by atoms with van der Waals surface area (Å²) in [6.45, 7) is 6.67. The molecule has 0 aliphatic rings. The van der Waals surface area contributed by atoms with E-state index in [1.807, 2.05) is 43.3 Å². The number of ether oxygens (including phenoxy) is 1. The number of carbonyl (C=O) groups is 1. The fraction of sp³-hybridized carbons (Fsp3) is 0.222. The first-order valence-corrected chi connectivity index (χ1v) is 7.33. The Labute approximate surface area is 136 Å². The largest absolute Gasteiger partial charge is 0.489 e. The van der Waals surface area contributed by atoms with Gasteiger partial charge in [0.1, 0.15) is 12.4 Å².